The first-order valence-corrected chi connectivity index (χ1v) is 4.98. The van der Waals surface area contributed by atoms with Gasteiger partial charge in [-0.1, -0.05) is 0 Å². The van der Waals surface area contributed by atoms with Gasteiger partial charge in [0, 0.05) is 13.3 Å². The standard InChI is InChI=1S/C11H14N2O/c1-14-11-10-5-3-2-4-9(10)8(6-12)7-13-11/h7,11,13H,2-5H2,1H3. The summed E-state index contributed by atoms with van der Waals surface area (Å²) >= 11 is 0. The highest BCUT2D eigenvalue weighted by Gasteiger charge is 2.25. The van der Waals surface area contributed by atoms with E-state index in [1.165, 1.54) is 24.0 Å². The molecule has 74 valence electrons. The predicted molar refractivity (Wildman–Crippen MR) is 53.1 cm³/mol. The van der Waals surface area contributed by atoms with E-state index in [4.69, 9.17) is 10.00 Å². The van der Waals surface area contributed by atoms with E-state index in [9.17, 15) is 0 Å². The van der Waals surface area contributed by atoms with Crippen molar-refractivity contribution in [1.82, 2.24) is 5.32 Å². The molecule has 14 heavy (non-hydrogen) atoms. The second-order valence-electron chi connectivity index (χ2n) is 3.66. The molecule has 0 aromatic rings. The molecule has 3 nitrogen and oxygen atoms in total. The van der Waals surface area contributed by atoms with Gasteiger partial charge in [0.1, 0.15) is 12.3 Å². The van der Waals surface area contributed by atoms with Crippen LogP contribution in [0.2, 0.25) is 0 Å². The summed E-state index contributed by atoms with van der Waals surface area (Å²) in [7, 11) is 1.70. The van der Waals surface area contributed by atoms with Crippen LogP contribution in [0.25, 0.3) is 0 Å². The topological polar surface area (TPSA) is 45.0 Å². The Hall–Kier alpha value is -1.27. The van der Waals surface area contributed by atoms with E-state index in [1.807, 2.05) is 0 Å². The van der Waals surface area contributed by atoms with Gasteiger partial charge in [0.15, 0.2) is 0 Å². The van der Waals surface area contributed by atoms with E-state index in [0.29, 0.717) is 0 Å². The van der Waals surface area contributed by atoms with Gasteiger partial charge in [-0.2, -0.15) is 5.26 Å². The second kappa shape index (κ2) is 3.85. The van der Waals surface area contributed by atoms with Gasteiger partial charge < -0.3 is 10.1 Å². The van der Waals surface area contributed by atoms with E-state index in [2.05, 4.69) is 11.4 Å². The molecule has 1 N–H and O–H groups in total. The lowest BCUT2D eigenvalue weighted by Gasteiger charge is -2.30. The molecule has 1 unspecified atom stereocenters. The van der Waals surface area contributed by atoms with Crippen molar-refractivity contribution in [1.29, 1.82) is 5.26 Å². The molecule has 1 aliphatic carbocycles. The molecular formula is C11H14N2O. The highest BCUT2D eigenvalue weighted by molar-refractivity contribution is 5.48. The van der Waals surface area contributed by atoms with Crippen LogP contribution in [0.5, 0.6) is 0 Å². The monoisotopic (exact) mass is 190 g/mol. The maximum atomic E-state index is 8.96. The van der Waals surface area contributed by atoms with Crippen LogP contribution in [0, 0.1) is 11.3 Å². The first-order valence-electron chi connectivity index (χ1n) is 4.98. The molecule has 2 aliphatic rings. The molecule has 1 aliphatic heterocycles. The van der Waals surface area contributed by atoms with Gasteiger partial charge in [-0.05, 0) is 36.8 Å². The number of rotatable bonds is 1. The molecule has 0 saturated heterocycles. The van der Waals surface area contributed by atoms with Crippen molar-refractivity contribution in [3.8, 4) is 6.07 Å². The zero-order valence-corrected chi connectivity index (χ0v) is 8.34. The highest BCUT2D eigenvalue weighted by Crippen LogP contribution is 2.33. The lowest BCUT2D eigenvalue weighted by Crippen LogP contribution is -2.34. The molecule has 1 atom stereocenters. The van der Waals surface area contributed by atoms with E-state index in [1.54, 1.807) is 13.3 Å². The van der Waals surface area contributed by atoms with E-state index < -0.39 is 0 Å². The van der Waals surface area contributed by atoms with Crippen molar-refractivity contribution in [2.45, 2.75) is 31.9 Å². The number of nitriles is 1. The molecule has 0 aromatic heterocycles. The van der Waals surface area contributed by atoms with Crippen LogP contribution in [0.15, 0.2) is 22.9 Å². The maximum Gasteiger partial charge on any atom is 0.149 e. The Bertz CT molecular complexity index is 336. The van der Waals surface area contributed by atoms with Gasteiger partial charge >= 0.3 is 0 Å². The summed E-state index contributed by atoms with van der Waals surface area (Å²) in [5.74, 6) is 0. The lowest BCUT2D eigenvalue weighted by molar-refractivity contribution is 0.108. The molecule has 0 amide bonds. The number of nitrogens with one attached hydrogen (secondary N) is 1. The number of dihydropyridines is 1. The Labute approximate surface area is 84.1 Å². The average Bonchev–Trinajstić information content (AvgIpc) is 2.27. The summed E-state index contributed by atoms with van der Waals surface area (Å²) < 4.78 is 5.33. The minimum atomic E-state index is -0.0117. The van der Waals surface area contributed by atoms with Crippen LogP contribution in [0.4, 0.5) is 0 Å². The van der Waals surface area contributed by atoms with Crippen LogP contribution in [-0.2, 0) is 4.74 Å². The molecule has 0 fully saturated rings. The molecule has 0 spiro atoms. The number of methoxy groups -OCH3 is 1. The fourth-order valence-corrected chi connectivity index (χ4v) is 2.18. The molecular weight excluding hydrogens is 176 g/mol. The third-order valence-corrected chi connectivity index (χ3v) is 2.89. The Morgan fingerprint density at radius 2 is 2.29 bits per heavy atom. The second-order valence-corrected chi connectivity index (χ2v) is 3.66. The summed E-state index contributed by atoms with van der Waals surface area (Å²) in [6.45, 7) is 0. The van der Waals surface area contributed by atoms with Crippen molar-refractivity contribution >= 4 is 0 Å². The van der Waals surface area contributed by atoms with Crippen molar-refractivity contribution < 1.29 is 4.74 Å². The SMILES string of the molecule is COC1NC=C(C#N)C2=C1CCCC2. The molecule has 2 rings (SSSR count). The predicted octanol–water partition coefficient (Wildman–Crippen LogP) is 1.84. The molecule has 0 saturated carbocycles. The van der Waals surface area contributed by atoms with Gasteiger partial charge in [-0.15, -0.1) is 0 Å². The Kier molecular flexibility index (Phi) is 2.55. The van der Waals surface area contributed by atoms with Crippen molar-refractivity contribution in [2.24, 2.45) is 0 Å². The fourth-order valence-electron chi connectivity index (χ4n) is 2.18. The first kappa shape index (κ1) is 9.29. The molecule has 3 heteroatoms. The van der Waals surface area contributed by atoms with Crippen LogP contribution >= 0.6 is 0 Å². The maximum absolute atomic E-state index is 8.96. The summed E-state index contributed by atoms with van der Waals surface area (Å²) in [4.78, 5) is 0. The minimum absolute atomic E-state index is 0.0117. The summed E-state index contributed by atoms with van der Waals surface area (Å²) in [6, 6.07) is 2.23. The zero-order valence-electron chi connectivity index (χ0n) is 8.34. The van der Waals surface area contributed by atoms with Crippen LogP contribution in [-0.4, -0.2) is 13.3 Å². The molecule has 0 radical (unpaired) electrons. The van der Waals surface area contributed by atoms with Gasteiger partial charge in [-0.3, -0.25) is 0 Å². The van der Waals surface area contributed by atoms with Gasteiger partial charge in [0.05, 0.1) is 5.57 Å². The number of hydrogen-bond donors (Lipinski definition) is 1. The van der Waals surface area contributed by atoms with Gasteiger partial charge in [0.25, 0.3) is 0 Å². The summed E-state index contributed by atoms with van der Waals surface area (Å²) in [5.41, 5.74) is 3.27. The fraction of sp³-hybridized carbons (Fsp3) is 0.545. The first-order chi connectivity index (χ1) is 6.86. The normalized spacial score (nSPS) is 26.0. The van der Waals surface area contributed by atoms with Crippen LogP contribution < -0.4 is 5.32 Å². The van der Waals surface area contributed by atoms with Crippen LogP contribution in [0.1, 0.15) is 25.7 Å². The summed E-state index contributed by atoms with van der Waals surface area (Å²) in [5, 5.41) is 12.1. The average molecular weight is 190 g/mol. The summed E-state index contributed by atoms with van der Waals surface area (Å²) in [6.07, 6.45) is 6.24. The third-order valence-electron chi connectivity index (χ3n) is 2.89. The lowest BCUT2D eigenvalue weighted by atomic mass is 9.85. The molecule has 1 heterocycles. The number of ether oxygens (including phenoxy) is 1. The third kappa shape index (κ3) is 1.42. The van der Waals surface area contributed by atoms with Crippen molar-refractivity contribution in [3.05, 3.63) is 22.9 Å². The Balaban J connectivity index is 2.35. The van der Waals surface area contributed by atoms with Crippen molar-refractivity contribution in [2.75, 3.05) is 7.11 Å². The quantitative estimate of drug-likeness (QED) is 0.686. The largest absolute Gasteiger partial charge is 0.362 e. The number of nitrogens with zero attached hydrogens (tertiary/aromatic N) is 1. The number of allylic oxidation sites excluding steroid dienone is 2. The zero-order chi connectivity index (χ0) is 9.97. The smallest absolute Gasteiger partial charge is 0.149 e. The Morgan fingerprint density at radius 3 is 3.00 bits per heavy atom. The Morgan fingerprint density at radius 1 is 1.50 bits per heavy atom. The van der Waals surface area contributed by atoms with Gasteiger partial charge in [-0.25, -0.2) is 0 Å². The molecule has 0 bridgehead atoms. The van der Waals surface area contributed by atoms with Gasteiger partial charge in [0.2, 0.25) is 0 Å². The van der Waals surface area contributed by atoms with Crippen molar-refractivity contribution in [3.63, 3.8) is 0 Å². The highest BCUT2D eigenvalue weighted by atomic mass is 16.5. The van der Waals surface area contributed by atoms with Crippen LogP contribution in [0.3, 0.4) is 0 Å². The number of hydrogen-bond acceptors (Lipinski definition) is 3. The van der Waals surface area contributed by atoms with E-state index in [0.717, 1.165) is 18.4 Å². The van der Waals surface area contributed by atoms with E-state index >= 15 is 0 Å². The molecule has 0 aromatic carbocycles. The minimum Gasteiger partial charge on any atom is -0.362 e. The van der Waals surface area contributed by atoms with E-state index in [-0.39, 0.29) is 6.23 Å².